The standard InChI is InChI=1S/C17H21BO3/c1-12(2)16-9-8-15(10-13(16)3)21-11-14-6-4-5-7-17(14)18(19)20/h4-10,12,19-20H,11H2,1-3H3. The van der Waals surface area contributed by atoms with Gasteiger partial charge in [0.25, 0.3) is 0 Å². The molecule has 2 N–H and O–H groups in total. The summed E-state index contributed by atoms with van der Waals surface area (Å²) < 4.78 is 5.78. The van der Waals surface area contributed by atoms with Gasteiger partial charge in [-0.1, -0.05) is 44.2 Å². The molecule has 4 heteroatoms. The summed E-state index contributed by atoms with van der Waals surface area (Å²) in [6.45, 7) is 6.73. The van der Waals surface area contributed by atoms with Gasteiger partial charge in [0, 0.05) is 0 Å². The maximum Gasteiger partial charge on any atom is 0.488 e. The summed E-state index contributed by atoms with van der Waals surface area (Å²) in [5.41, 5.74) is 3.78. The van der Waals surface area contributed by atoms with Crippen LogP contribution in [0.25, 0.3) is 0 Å². The maximum absolute atomic E-state index is 9.34. The second-order valence-electron chi connectivity index (χ2n) is 5.53. The highest BCUT2D eigenvalue weighted by Gasteiger charge is 2.15. The SMILES string of the molecule is Cc1cc(OCc2ccccc2B(O)O)ccc1C(C)C. The molecule has 0 amide bonds. The van der Waals surface area contributed by atoms with Crippen molar-refractivity contribution in [2.75, 3.05) is 0 Å². The molecule has 2 rings (SSSR count). The molecule has 0 aliphatic heterocycles. The highest BCUT2D eigenvalue weighted by molar-refractivity contribution is 6.59. The third-order valence-electron chi connectivity index (χ3n) is 3.59. The van der Waals surface area contributed by atoms with Crippen molar-refractivity contribution in [3.05, 3.63) is 59.2 Å². The Hall–Kier alpha value is -1.78. The number of hydrogen-bond acceptors (Lipinski definition) is 3. The van der Waals surface area contributed by atoms with Crippen molar-refractivity contribution < 1.29 is 14.8 Å². The summed E-state index contributed by atoms with van der Waals surface area (Å²) >= 11 is 0. The largest absolute Gasteiger partial charge is 0.489 e. The molecule has 0 aliphatic rings. The van der Waals surface area contributed by atoms with E-state index >= 15 is 0 Å². The van der Waals surface area contributed by atoms with Crippen molar-refractivity contribution in [1.82, 2.24) is 0 Å². The topological polar surface area (TPSA) is 49.7 Å². The zero-order valence-corrected chi connectivity index (χ0v) is 12.7. The van der Waals surface area contributed by atoms with Gasteiger partial charge in [-0.15, -0.1) is 0 Å². The molecule has 0 radical (unpaired) electrons. The van der Waals surface area contributed by atoms with Crippen LogP contribution in [0, 0.1) is 6.92 Å². The van der Waals surface area contributed by atoms with E-state index < -0.39 is 7.12 Å². The molecule has 0 fully saturated rings. The Morgan fingerprint density at radius 2 is 1.81 bits per heavy atom. The van der Waals surface area contributed by atoms with E-state index in [0.29, 0.717) is 18.0 Å². The van der Waals surface area contributed by atoms with Gasteiger partial charge < -0.3 is 14.8 Å². The van der Waals surface area contributed by atoms with Crippen LogP contribution in [-0.2, 0) is 6.61 Å². The van der Waals surface area contributed by atoms with Gasteiger partial charge in [-0.3, -0.25) is 0 Å². The molecule has 0 aromatic heterocycles. The van der Waals surface area contributed by atoms with Gasteiger partial charge in [0.2, 0.25) is 0 Å². The molecule has 0 saturated carbocycles. The van der Waals surface area contributed by atoms with E-state index in [1.54, 1.807) is 12.1 Å². The summed E-state index contributed by atoms with van der Waals surface area (Å²) in [5, 5.41) is 18.7. The summed E-state index contributed by atoms with van der Waals surface area (Å²) in [6, 6.07) is 13.2. The molecule has 0 bridgehead atoms. The van der Waals surface area contributed by atoms with Gasteiger partial charge in [0.1, 0.15) is 12.4 Å². The molecule has 2 aromatic rings. The molecule has 0 spiro atoms. The van der Waals surface area contributed by atoms with Crippen LogP contribution in [0.15, 0.2) is 42.5 Å². The molecular weight excluding hydrogens is 263 g/mol. The van der Waals surface area contributed by atoms with E-state index in [9.17, 15) is 10.0 Å². The zero-order chi connectivity index (χ0) is 15.4. The molecule has 0 heterocycles. The Balaban J connectivity index is 2.12. The smallest absolute Gasteiger partial charge is 0.488 e. The first kappa shape index (κ1) is 15.6. The second kappa shape index (κ2) is 6.79. The van der Waals surface area contributed by atoms with E-state index in [-0.39, 0.29) is 0 Å². The van der Waals surface area contributed by atoms with Crippen LogP contribution in [0.4, 0.5) is 0 Å². The third-order valence-corrected chi connectivity index (χ3v) is 3.59. The first-order valence-electron chi connectivity index (χ1n) is 7.16. The molecule has 2 aromatic carbocycles. The highest BCUT2D eigenvalue weighted by Crippen LogP contribution is 2.23. The molecular formula is C17H21BO3. The van der Waals surface area contributed by atoms with Crippen molar-refractivity contribution in [3.63, 3.8) is 0 Å². The van der Waals surface area contributed by atoms with E-state index in [0.717, 1.165) is 11.3 Å². The lowest BCUT2D eigenvalue weighted by atomic mass is 9.77. The number of benzene rings is 2. The fourth-order valence-corrected chi connectivity index (χ4v) is 2.46. The van der Waals surface area contributed by atoms with Crippen LogP contribution in [-0.4, -0.2) is 17.2 Å². The Labute approximate surface area is 126 Å². The van der Waals surface area contributed by atoms with E-state index in [4.69, 9.17) is 4.74 Å². The molecule has 0 saturated heterocycles. The van der Waals surface area contributed by atoms with Crippen LogP contribution < -0.4 is 10.2 Å². The number of ether oxygens (including phenoxy) is 1. The summed E-state index contributed by atoms with van der Waals surface area (Å²) in [4.78, 5) is 0. The first-order valence-corrected chi connectivity index (χ1v) is 7.16. The normalized spacial score (nSPS) is 10.8. The molecule has 21 heavy (non-hydrogen) atoms. The fourth-order valence-electron chi connectivity index (χ4n) is 2.46. The Morgan fingerprint density at radius 1 is 1.10 bits per heavy atom. The third kappa shape index (κ3) is 3.87. The minimum Gasteiger partial charge on any atom is -0.489 e. The average molecular weight is 284 g/mol. The van der Waals surface area contributed by atoms with Crippen LogP contribution in [0.2, 0.25) is 0 Å². The number of rotatable bonds is 5. The van der Waals surface area contributed by atoms with E-state index in [2.05, 4.69) is 26.8 Å². The highest BCUT2D eigenvalue weighted by atomic mass is 16.5. The monoisotopic (exact) mass is 284 g/mol. The van der Waals surface area contributed by atoms with Crippen LogP contribution in [0.1, 0.15) is 36.5 Å². The van der Waals surface area contributed by atoms with Crippen molar-refractivity contribution in [2.24, 2.45) is 0 Å². The van der Waals surface area contributed by atoms with E-state index in [1.165, 1.54) is 11.1 Å². The van der Waals surface area contributed by atoms with E-state index in [1.807, 2.05) is 24.3 Å². The molecule has 0 unspecified atom stereocenters. The molecule has 0 aliphatic carbocycles. The number of hydrogen-bond donors (Lipinski definition) is 2. The van der Waals surface area contributed by atoms with Crippen LogP contribution in [0.5, 0.6) is 5.75 Å². The summed E-state index contributed by atoms with van der Waals surface area (Å²) in [6.07, 6.45) is 0. The number of aryl methyl sites for hydroxylation is 1. The minimum atomic E-state index is -1.48. The van der Waals surface area contributed by atoms with Crippen molar-refractivity contribution in [2.45, 2.75) is 33.3 Å². The maximum atomic E-state index is 9.34. The summed E-state index contributed by atoms with van der Waals surface area (Å²) in [7, 11) is -1.48. The van der Waals surface area contributed by atoms with Crippen molar-refractivity contribution >= 4 is 12.6 Å². The fraction of sp³-hybridized carbons (Fsp3) is 0.294. The lowest BCUT2D eigenvalue weighted by Crippen LogP contribution is -2.33. The van der Waals surface area contributed by atoms with Gasteiger partial charge in [-0.25, -0.2) is 0 Å². The van der Waals surface area contributed by atoms with Crippen molar-refractivity contribution in [3.8, 4) is 5.75 Å². The molecule has 3 nitrogen and oxygen atoms in total. The predicted molar refractivity (Wildman–Crippen MR) is 85.9 cm³/mol. The Bertz CT molecular complexity index is 609. The quantitative estimate of drug-likeness (QED) is 0.829. The van der Waals surface area contributed by atoms with Crippen LogP contribution in [0.3, 0.4) is 0 Å². The Kier molecular flexibility index (Phi) is 5.05. The van der Waals surface area contributed by atoms with Gasteiger partial charge in [-0.05, 0) is 47.1 Å². The predicted octanol–water partition coefficient (Wildman–Crippen LogP) is 2.38. The lowest BCUT2D eigenvalue weighted by molar-refractivity contribution is 0.306. The first-order chi connectivity index (χ1) is 9.99. The van der Waals surface area contributed by atoms with Gasteiger partial charge in [0.15, 0.2) is 0 Å². The second-order valence-corrected chi connectivity index (χ2v) is 5.53. The minimum absolute atomic E-state index is 0.314. The van der Waals surface area contributed by atoms with Gasteiger partial charge >= 0.3 is 7.12 Å². The van der Waals surface area contributed by atoms with Gasteiger partial charge in [-0.2, -0.15) is 0 Å². The van der Waals surface area contributed by atoms with Gasteiger partial charge in [0.05, 0.1) is 0 Å². The summed E-state index contributed by atoms with van der Waals surface area (Å²) in [5.74, 6) is 1.28. The Morgan fingerprint density at radius 3 is 2.43 bits per heavy atom. The molecule has 0 atom stereocenters. The molecule has 110 valence electrons. The van der Waals surface area contributed by atoms with Crippen LogP contribution >= 0.6 is 0 Å². The zero-order valence-electron chi connectivity index (χ0n) is 12.7. The lowest BCUT2D eigenvalue weighted by Gasteiger charge is -2.14. The average Bonchev–Trinajstić information content (AvgIpc) is 2.45. The van der Waals surface area contributed by atoms with Crippen molar-refractivity contribution in [1.29, 1.82) is 0 Å².